The van der Waals surface area contributed by atoms with Crippen molar-refractivity contribution >= 4 is 17.6 Å². The molecule has 0 aromatic heterocycles. The lowest BCUT2D eigenvalue weighted by molar-refractivity contribution is -0.118. The Morgan fingerprint density at radius 2 is 2.00 bits per heavy atom. The Labute approximate surface area is 112 Å². The van der Waals surface area contributed by atoms with Crippen LogP contribution in [0.1, 0.15) is 24.8 Å². The van der Waals surface area contributed by atoms with E-state index >= 15 is 0 Å². The summed E-state index contributed by atoms with van der Waals surface area (Å²) >= 11 is 0. The van der Waals surface area contributed by atoms with Gasteiger partial charge in [0.25, 0.3) is 0 Å². The van der Waals surface area contributed by atoms with Crippen molar-refractivity contribution in [3.05, 3.63) is 29.8 Å². The number of hydrogen-bond acceptors (Lipinski definition) is 3. The quantitative estimate of drug-likeness (QED) is 0.549. The molecule has 0 saturated heterocycles. The Balaban J connectivity index is 2.25. The number of rotatable bonds is 7. The number of urea groups is 1. The van der Waals surface area contributed by atoms with Gasteiger partial charge in [-0.1, -0.05) is 12.1 Å². The molecule has 0 unspecified atom stereocenters. The van der Waals surface area contributed by atoms with Crippen molar-refractivity contribution in [1.82, 2.24) is 5.32 Å². The Morgan fingerprint density at radius 3 is 2.68 bits per heavy atom. The number of primary amides is 1. The largest absolute Gasteiger partial charge is 0.370 e. The highest BCUT2D eigenvalue weighted by Gasteiger charge is 2.01. The number of nitrogens with two attached hydrogens (primary N) is 2. The first-order valence-electron chi connectivity index (χ1n) is 6.24. The molecule has 0 spiro atoms. The number of carbonyl (C=O) groups is 2. The Morgan fingerprint density at radius 1 is 1.21 bits per heavy atom. The van der Waals surface area contributed by atoms with Gasteiger partial charge in [-0.2, -0.15) is 0 Å². The molecule has 1 aromatic carbocycles. The summed E-state index contributed by atoms with van der Waals surface area (Å²) in [5.74, 6) is -0.317. The van der Waals surface area contributed by atoms with E-state index in [0.717, 1.165) is 12.0 Å². The molecule has 0 aliphatic heterocycles. The van der Waals surface area contributed by atoms with E-state index in [1.807, 2.05) is 18.2 Å². The average Bonchev–Trinajstić information content (AvgIpc) is 2.38. The van der Waals surface area contributed by atoms with E-state index < -0.39 is 0 Å². The molecule has 6 heteroatoms. The normalized spacial score (nSPS) is 9.95. The van der Waals surface area contributed by atoms with Gasteiger partial charge in [0, 0.05) is 25.2 Å². The van der Waals surface area contributed by atoms with E-state index in [-0.39, 0.29) is 11.9 Å². The maximum absolute atomic E-state index is 11.6. The van der Waals surface area contributed by atoms with Gasteiger partial charge in [-0.05, 0) is 30.5 Å². The minimum Gasteiger partial charge on any atom is -0.370 e. The molecule has 1 aromatic rings. The molecule has 0 aliphatic rings. The Kier molecular flexibility index (Phi) is 6.38. The van der Waals surface area contributed by atoms with E-state index in [0.29, 0.717) is 31.6 Å². The van der Waals surface area contributed by atoms with Crippen LogP contribution in [0.5, 0.6) is 0 Å². The number of carbonyl (C=O) groups excluding carboxylic acids is 2. The van der Waals surface area contributed by atoms with Gasteiger partial charge >= 0.3 is 6.03 Å². The third-order valence-electron chi connectivity index (χ3n) is 2.56. The highest BCUT2D eigenvalue weighted by molar-refractivity contribution is 5.89. The summed E-state index contributed by atoms with van der Waals surface area (Å²) in [6.45, 7) is 0.944. The van der Waals surface area contributed by atoms with Crippen LogP contribution in [-0.4, -0.2) is 18.5 Å². The van der Waals surface area contributed by atoms with Crippen molar-refractivity contribution in [3.8, 4) is 0 Å². The van der Waals surface area contributed by atoms with Crippen molar-refractivity contribution in [3.63, 3.8) is 0 Å². The molecule has 1 rings (SSSR count). The van der Waals surface area contributed by atoms with Gasteiger partial charge in [-0.15, -0.1) is 0 Å². The van der Waals surface area contributed by atoms with Gasteiger partial charge in [0.05, 0.1) is 0 Å². The molecule has 0 radical (unpaired) electrons. The minimum absolute atomic E-state index is 0.270. The van der Waals surface area contributed by atoms with Crippen molar-refractivity contribution < 1.29 is 9.59 Å². The van der Waals surface area contributed by atoms with Crippen LogP contribution >= 0.6 is 0 Å². The number of unbranched alkanes of at least 4 members (excludes halogenated alkanes) is 1. The molecule has 0 fully saturated rings. The molecule has 104 valence electrons. The van der Waals surface area contributed by atoms with Crippen molar-refractivity contribution in [2.24, 2.45) is 11.5 Å². The van der Waals surface area contributed by atoms with Crippen LogP contribution in [0.25, 0.3) is 0 Å². The molecule has 0 bridgehead atoms. The zero-order valence-electron chi connectivity index (χ0n) is 10.8. The maximum Gasteiger partial charge on any atom is 0.319 e. The van der Waals surface area contributed by atoms with Crippen LogP contribution in [0.15, 0.2) is 24.3 Å². The summed E-state index contributed by atoms with van der Waals surface area (Å²) in [4.78, 5) is 22.1. The highest BCUT2D eigenvalue weighted by Crippen LogP contribution is 2.09. The molecule has 0 saturated carbocycles. The molecule has 0 aliphatic carbocycles. The average molecular weight is 264 g/mol. The Hall–Kier alpha value is -2.08. The van der Waals surface area contributed by atoms with E-state index in [1.54, 1.807) is 6.07 Å². The zero-order chi connectivity index (χ0) is 14.1. The second kappa shape index (κ2) is 8.10. The van der Waals surface area contributed by atoms with Gasteiger partial charge in [-0.25, -0.2) is 4.79 Å². The van der Waals surface area contributed by atoms with Crippen LogP contribution in [0.4, 0.5) is 10.5 Å². The van der Waals surface area contributed by atoms with Gasteiger partial charge in [-0.3, -0.25) is 4.79 Å². The van der Waals surface area contributed by atoms with Gasteiger partial charge in [0.15, 0.2) is 0 Å². The molecular weight excluding hydrogens is 244 g/mol. The van der Waals surface area contributed by atoms with Crippen LogP contribution in [0, 0.1) is 0 Å². The standard InChI is InChI=1S/C13H20N4O2/c14-9-10-4-3-5-11(8-10)17-13(19)16-7-2-1-6-12(15)18/h3-5,8H,1-2,6-7,9,14H2,(H2,15,18)(H2,16,17,19). The predicted octanol–water partition coefficient (Wildman–Crippen LogP) is 0.922. The molecule has 19 heavy (non-hydrogen) atoms. The minimum atomic E-state index is -0.317. The third-order valence-corrected chi connectivity index (χ3v) is 2.56. The highest BCUT2D eigenvalue weighted by atomic mass is 16.2. The number of benzene rings is 1. The number of amides is 3. The SMILES string of the molecule is NCc1cccc(NC(=O)NCCCCC(N)=O)c1. The first kappa shape index (κ1) is 15.0. The fraction of sp³-hybridized carbons (Fsp3) is 0.385. The van der Waals surface area contributed by atoms with E-state index in [9.17, 15) is 9.59 Å². The van der Waals surface area contributed by atoms with Crippen LogP contribution in [0.2, 0.25) is 0 Å². The summed E-state index contributed by atoms with van der Waals surface area (Å²) in [5, 5.41) is 5.43. The number of anilines is 1. The number of hydrogen-bond donors (Lipinski definition) is 4. The fourth-order valence-electron chi connectivity index (χ4n) is 1.58. The first-order chi connectivity index (χ1) is 9.11. The zero-order valence-corrected chi connectivity index (χ0v) is 10.8. The lowest BCUT2D eigenvalue weighted by atomic mass is 10.2. The van der Waals surface area contributed by atoms with Gasteiger partial charge in [0.2, 0.25) is 5.91 Å². The summed E-state index contributed by atoms with van der Waals surface area (Å²) < 4.78 is 0. The molecule has 3 amide bonds. The summed E-state index contributed by atoms with van der Waals surface area (Å²) in [7, 11) is 0. The third kappa shape index (κ3) is 6.42. The first-order valence-corrected chi connectivity index (χ1v) is 6.24. The van der Waals surface area contributed by atoms with Crippen molar-refractivity contribution in [1.29, 1.82) is 0 Å². The van der Waals surface area contributed by atoms with Crippen molar-refractivity contribution in [2.75, 3.05) is 11.9 Å². The van der Waals surface area contributed by atoms with E-state index in [4.69, 9.17) is 11.5 Å². The second-order valence-electron chi connectivity index (χ2n) is 4.21. The molecule has 0 heterocycles. The Bertz CT molecular complexity index is 434. The monoisotopic (exact) mass is 264 g/mol. The van der Waals surface area contributed by atoms with Crippen molar-refractivity contribution in [2.45, 2.75) is 25.8 Å². The molecule has 6 nitrogen and oxygen atoms in total. The smallest absolute Gasteiger partial charge is 0.319 e. The van der Waals surface area contributed by atoms with Crippen LogP contribution in [-0.2, 0) is 11.3 Å². The van der Waals surface area contributed by atoms with Crippen LogP contribution < -0.4 is 22.1 Å². The topological polar surface area (TPSA) is 110 Å². The maximum atomic E-state index is 11.6. The lowest BCUT2D eigenvalue weighted by Crippen LogP contribution is -2.29. The summed E-state index contributed by atoms with van der Waals surface area (Å²) in [5.41, 5.74) is 12.2. The van der Waals surface area contributed by atoms with E-state index in [1.165, 1.54) is 0 Å². The number of nitrogens with one attached hydrogen (secondary N) is 2. The predicted molar refractivity (Wildman–Crippen MR) is 74.4 cm³/mol. The summed E-state index contributed by atoms with van der Waals surface area (Å²) in [6.07, 6.45) is 1.75. The molecule has 6 N–H and O–H groups in total. The second-order valence-corrected chi connectivity index (χ2v) is 4.21. The van der Waals surface area contributed by atoms with E-state index in [2.05, 4.69) is 10.6 Å². The fourth-order valence-corrected chi connectivity index (χ4v) is 1.58. The van der Waals surface area contributed by atoms with Crippen LogP contribution in [0.3, 0.4) is 0 Å². The molecular formula is C13H20N4O2. The lowest BCUT2D eigenvalue weighted by Gasteiger charge is -2.08. The summed E-state index contributed by atoms with van der Waals surface area (Å²) in [6, 6.07) is 7.09. The molecule has 0 atom stereocenters. The van der Waals surface area contributed by atoms with Gasteiger partial charge < -0.3 is 22.1 Å². The van der Waals surface area contributed by atoms with Gasteiger partial charge in [0.1, 0.15) is 0 Å².